The molecule has 1 saturated heterocycles. The molecular formula is C15H21ClN6O. The Morgan fingerprint density at radius 3 is 2.57 bits per heavy atom. The van der Waals surface area contributed by atoms with Crippen LogP contribution in [-0.2, 0) is 20.1 Å². The summed E-state index contributed by atoms with van der Waals surface area (Å²) in [6, 6.07) is 0. The van der Waals surface area contributed by atoms with Gasteiger partial charge in [-0.2, -0.15) is 10.2 Å². The van der Waals surface area contributed by atoms with E-state index in [9.17, 15) is 4.79 Å². The second-order valence-electron chi connectivity index (χ2n) is 5.75. The molecule has 0 radical (unpaired) electrons. The van der Waals surface area contributed by atoms with Crippen LogP contribution in [0.3, 0.4) is 0 Å². The lowest BCUT2D eigenvalue weighted by molar-refractivity contribution is 0.0616. The second-order valence-corrected chi connectivity index (χ2v) is 6.15. The molecule has 0 N–H and O–H groups in total. The molecule has 0 saturated carbocycles. The molecule has 2 aromatic rings. The lowest BCUT2D eigenvalue weighted by atomic mass is 10.2. The highest BCUT2D eigenvalue weighted by atomic mass is 35.5. The first-order valence-corrected chi connectivity index (χ1v) is 8.16. The van der Waals surface area contributed by atoms with E-state index in [1.165, 1.54) is 11.8 Å². The minimum atomic E-state index is -0.0321. The lowest BCUT2D eigenvalue weighted by Gasteiger charge is -2.34. The highest BCUT2D eigenvalue weighted by molar-refractivity contribution is 6.33. The minimum absolute atomic E-state index is 0.0321. The van der Waals surface area contributed by atoms with Gasteiger partial charge in [0.15, 0.2) is 0 Å². The van der Waals surface area contributed by atoms with Gasteiger partial charge in [0, 0.05) is 58.1 Å². The number of aryl methyl sites for hydroxylation is 2. The first-order valence-electron chi connectivity index (χ1n) is 7.79. The fourth-order valence-corrected chi connectivity index (χ4v) is 3.11. The minimum Gasteiger partial charge on any atom is -0.335 e. The predicted molar refractivity (Wildman–Crippen MR) is 87.3 cm³/mol. The fraction of sp³-hybridized carbons (Fsp3) is 0.533. The molecule has 7 nitrogen and oxygen atoms in total. The predicted octanol–water partition coefficient (Wildman–Crippen LogP) is 1.25. The summed E-state index contributed by atoms with van der Waals surface area (Å²) >= 11 is 6.13. The van der Waals surface area contributed by atoms with Gasteiger partial charge in [0.1, 0.15) is 5.69 Å². The third-order valence-electron chi connectivity index (χ3n) is 4.12. The Labute approximate surface area is 140 Å². The zero-order valence-corrected chi connectivity index (χ0v) is 14.2. The maximum atomic E-state index is 12.7. The summed E-state index contributed by atoms with van der Waals surface area (Å²) < 4.78 is 3.47. The van der Waals surface area contributed by atoms with Gasteiger partial charge in [-0.05, 0) is 6.92 Å². The average Bonchev–Trinajstić information content (AvgIpc) is 3.13. The zero-order valence-electron chi connectivity index (χ0n) is 13.4. The standard InChI is InChI=1S/C15H21ClN6O/c1-3-22-14(13(16)9-18-22)15(23)21-6-4-20(5-7-21)11-12-8-17-19(2)10-12/h8-10H,3-7,11H2,1-2H3. The van der Waals surface area contributed by atoms with Crippen LogP contribution < -0.4 is 0 Å². The van der Waals surface area contributed by atoms with Crippen molar-refractivity contribution in [1.29, 1.82) is 0 Å². The highest BCUT2D eigenvalue weighted by Crippen LogP contribution is 2.18. The van der Waals surface area contributed by atoms with Crippen molar-refractivity contribution in [2.75, 3.05) is 26.2 Å². The van der Waals surface area contributed by atoms with Crippen LogP contribution in [0.15, 0.2) is 18.6 Å². The topological polar surface area (TPSA) is 59.2 Å². The van der Waals surface area contributed by atoms with Crippen molar-refractivity contribution < 1.29 is 4.79 Å². The smallest absolute Gasteiger partial charge is 0.273 e. The third kappa shape index (κ3) is 3.40. The monoisotopic (exact) mass is 336 g/mol. The third-order valence-corrected chi connectivity index (χ3v) is 4.40. The van der Waals surface area contributed by atoms with E-state index >= 15 is 0 Å². The maximum Gasteiger partial charge on any atom is 0.273 e. The number of aromatic nitrogens is 4. The molecule has 0 atom stereocenters. The molecular weight excluding hydrogens is 316 g/mol. The quantitative estimate of drug-likeness (QED) is 0.843. The molecule has 0 aliphatic carbocycles. The number of hydrogen-bond donors (Lipinski definition) is 0. The maximum absolute atomic E-state index is 12.7. The summed E-state index contributed by atoms with van der Waals surface area (Å²) in [4.78, 5) is 16.9. The molecule has 3 rings (SSSR count). The molecule has 8 heteroatoms. The van der Waals surface area contributed by atoms with Gasteiger partial charge < -0.3 is 4.90 Å². The molecule has 0 aromatic carbocycles. The molecule has 124 valence electrons. The fourth-order valence-electron chi connectivity index (χ4n) is 2.89. The van der Waals surface area contributed by atoms with Crippen molar-refractivity contribution in [3.63, 3.8) is 0 Å². The van der Waals surface area contributed by atoms with Gasteiger partial charge in [-0.25, -0.2) is 0 Å². The number of halogens is 1. The Morgan fingerprint density at radius 2 is 1.96 bits per heavy atom. The molecule has 2 aromatic heterocycles. The van der Waals surface area contributed by atoms with Crippen LogP contribution in [0.25, 0.3) is 0 Å². The Kier molecular flexibility index (Phi) is 4.68. The first kappa shape index (κ1) is 16.0. The number of carbonyl (C=O) groups excluding carboxylic acids is 1. The molecule has 1 amide bonds. The van der Waals surface area contributed by atoms with E-state index in [1.807, 2.05) is 35.9 Å². The number of rotatable bonds is 4. The number of carbonyl (C=O) groups is 1. The summed E-state index contributed by atoms with van der Waals surface area (Å²) in [5, 5.41) is 8.76. The molecule has 0 bridgehead atoms. The summed E-state index contributed by atoms with van der Waals surface area (Å²) in [6.07, 6.45) is 5.45. The summed E-state index contributed by atoms with van der Waals surface area (Å²) in [6.45, 7) is 6.54. The summed E-state index contributed by atoms with van der Waals surface area (Å²) in [5.74, 6) is -0.0321. The highest BCUT2D eigenvalue weighted by Gasteiger charge is 2.26. The molecule has 1 fully saturated rings. The second kappa shape index (κ2) is 6.72. The van der Waals surface area contributed by atoms with Gasteiger partial charge in [0.25, 0.3) is 5.91 Å². The van der Waals surface area contributed by atoms with E-state index in [0.29, 0.717) is 30.4 Å². The normalized spacial score (nSPS) is 16.0. The van der Waals surface area contributed by atoms with Crippen LogP contribution in [0.4, 0.5) is 0 Å². The van der Waals surface area contributed by atoms with Crippen molar-refractivity contribution >= 4 is 17.5 Å². The van der Waals surface area contributed by atoms with Crippen molar-refractivity contribution in [3.8, 4) is 0 Å². The van der Waals surface area contributed by atoms with Crippen molar-refractivity contribution in [2.24, 2.45) is 7.05 Å². The molecule has 1 aliphatic rings. The van der Waals surface area contributed by atoms with E-state index in [-0.39, 0.29) is 5.91 Å². The Balaban J connectivity index is 1.60. The van der Waals surface area contributed by atoms with Crippen LogP contribution in [0, 0.1) is 0 Å². The number of hydrogen-bond acceptors (Lipinski definition) is 4. The SMILES string of the molecule is CCn1ncc(Cl)c1C(=O)N1CCN(Cc2cnn(C)c2)CC1. The van der Waals surface area contributed by atoms with E-state index in [0.717, 1.165) is 19.6 Å². The Morgan fingerprint density at radius 1 is 1.22 bits per heavy atom. The molecule has 3 heterocycles. The van der Waals surface area contributed by atoms with E-state index in [1.54, 1.807) is 4.68 Å². The zero-order chi connectivity index (χ0) is 16.4. The van der Waals surface area contributed by atoms with Gasteiger partial charge in [-0.3, -0.25) is 19.1 Å². The average molecular weight is 337 g/mol. The van der Waals surface area contributed by atoms with Crippen LogP contribution in [-0.4, -0.2) is 61.4 Å². The van der Waals surface area contributed by atoms with Crippen LogP contribution in [0.1, 0.15) is 23.0 Å². The molecule has 1 aliphatic heterocycles. The number of piperazine rings is 1. The Bertz CT molecular complexity index is 686. The van der Waals surface area contributed by atoms with Crippen molar-refractivity contribution in [3.05, 3.63) is 34.9 Å². The van der Waals surface area contributed by atoms with Crippen LogP contribution in [0.5, 0.6) is 0 Å². The van der Waals surface area contributed by atoms with Crippen LogP contribution >= 0.6 is 11.6 Å². The van der Waals surface area contributed by atoms with Gasteiger partial charge in [-0.15, -0.1) is 0 Å². The summed E-state index contributed by atoms with van der Waals surface area (Å²) in [7, 11) is 1.92. The van der Waals surface area contributed by atoms with E-state index in [4.69, 9.17) is 11.6 Å². The van der Waals surface area contributed by atoms with Crippen molar-refractivity contribution in [2.45, 2.75) is 20.0 Å². The van der Waals surface area contributed by atoms with Crippen molar-refractivity contribution in [1.82, 2.24) is 29.4 Å². The van der Waals surface area contributed by atoms with Crippen LogP contribution in [0.2, 0.25) is 5.02 Å². The summed E-state index contributed by atoms with van der Waals surface area (Å²) in [5.41, 5.74) is 1.69. The van der Waals surface area contributed by atoms with Gasteiger partial charge in [-0.1, -0.05) is 11.6 Å². The number of amides is 1. The van der Waals surface area contributed by atoms with E-state index < -0.39 is 0 Å². The Hall–Kier alpha value is -1.86. The molecule has 0 unspecified atom stereocenters. The largest absolute Gasteiger partial charge is 0.335 e. The van der Waals surface area contributed by atoms with E-state index in [2.05, 4.69) is 15.1 Å². The number of nitrogens with zero attached hydrogens (tertiary/aromatic N) is 6. The van der Waals surface area contributed by atoms with Gasteiger partial charge >= 0.3 is 0 Å². The first-order chi connectivity index (χ1) is 11.1. The van der Waals surface area contributed by atoms with Gasteiger partial charge in [0.05, 0.1) is 17.4 Å². The molecule has 23 heavy (non-hydrogen) atoms. The lowest BCUT2D eigenvalue weighted by Crippen LogP contribution is -2.48. The van der Waals surface area contributed by atoms with Gasteiger partial charge in [0.2, 0.25) is 0 Å². The molecule has 0 spiro atoms.